The number of benzene rings is 3. The van der Waals surface area contributed by atoms with E-state index >= 15 is 0 Å². The Kier molecular flexibility index (Phi) is 5.21. The third-order valence-corrected chi connectivity index (χ3v) is 3.69. The lowest BCUT2D eigenvalue weighted by Crippen LogP contribution is -1.97. The van der Waals surface area contributed by atoms with Gasteiger partial charge in [0.05, 0.1) is 13.2 Å². The van der Waals surface area contributed by atoms with Crippen LogP contribution in [-0.4, -0.2) is 12.2 Å². The molecular formula is C21H20O4. The van der Waals surface area contributed by atoms with E-state index in [0.717, 1.165) is 17.1 Å². The topological polar surface area (TPSA) is 47.9 Å². The minimum atomic E-state index is -0.599. The van der Waals surface area contributed by atoms with Crippen molar-refractivity contribution in [1.29, 1.82) is 0 Å². The van der Waals surface area contributed by atoms with Crippen LogP contribution in [0.2, 0.25) is 0 Å². The first-order chi connectivity index (χ1) is 12.2. The van der Waals surface area contributed by atoms with Crippen molar-refractivity contribution in [1.82, 2.24) is 0 Å². The average molecular weight is 336 g/mol. The maximum Gasteiger partial charge on any atom is 0.131 e. The summed E-state index contributed by atoms with van der Waals surface area (Å²) in [4.78, 5) is 0. The maximum absolute atomic E-state index is 9.73. The van der Waals surface area contributed by atoms with Crippen LogP contribution < -0.4 is 14.2 Å². The molecule has 0 aliphatic rings. The lowest BCUT2D eigenvalue weighted by Gasteiger charge is -2.13. The summed E-state index contributed by atoms with van der Waals surface area (Å²) >= 11 is 0. The van der Waals surface area contributed by atoms with E-state index in [9.17, 15) is 5.11 Å². The van der Waals surface area contributed by atoms with Crippen molar-refractivity contribution in [3.05, 3.63) is 78.4 Å². The van der Waals surface area contributed by atoms with Crippen molar-refractivity contribution in [3.63, 3.8) is 0 Å². The van der Waals surface area contributed by atoms with E-state index in [2.05, 4.69) is 0 Å². The van der Waals surface area contributed by atoms with Crippen molar-refractivity contribution >= 4 is 0 Å². The second-order valence-corrected chi connectivity index (χ2v) is 5.57. The van der Waals surface area contributed by atoms with E-state index in [1.54, 1.807) is 32.2 Å². The van der Waals surface area contributed by atoms with Gasteiger partial charge in [0.2, 0.25) is 0 Å². The number of methoxy groups -OCH3 is 1. The minimum absolute atomic E-state index is 0.594. The fourth-order valence-corrected chi connectivity index (χ4v) is 2.44. The van der Waals surface area contributed by atoms with Crippen LogP contribution in [0.15, 0.2) is 72.8 Å². The number of hydrogen-bond acceptors (Lipinski definition) is 4. The van der Waals surface area contributed by atoms with E-state index in [1.165, 1.54) is 0 Å². The summed E-state index contributed by atoms with van der Waals surface area (Å²) < 4.78 is 16.9. The summed E-state index contributed by atoms with van der Waals surface area (Å²) in [5.74, 6) is 3.44. The van der Waals surface area contributed by atoms with Crippen LogP contribution >= 0.6 is 0 Å². The number of ether oxygens (including phenoxy) is 3. The molecule has 1 atom stereocenters. The van der Waals surface area contributed by atoms with Crippen molar-refractivity contribution in [2.75, 3.05) is 7.11 Å². The molecule has 0 bridgehead atoms. The van der Waals surface area contributed by atoms with E-state index in [-0.39, 0.29) is 0 Å². The van der Waals surface area contributed by atoms with Crippen LogP contribution in [0, 0.1) is 0 Å². The molecule has 4 nitrogen and oxygen atoms in total. The van der Waals surface area contributed by atoms with E-state index in [1.807, 2.05) is 54.6 Å². The lowest BCUT2D eigenvalue weighted by molar-refractivity contribution is 0.194. The summed E-state index contributed by atoms with van der Waals surface area (Å²) in [7, 11) is 1.57. The van der Waals surface area contributed by atoms with E-state index < -0.39 is 6.10 Å². The molecule has 0 aliphatic carbocycles. The second kappa shape index (κ2) is 7.73. The summed E-state index contributed by atoms with van der Waals surface area (Å²) in [5, 5.41) is 9.73. The molecule has 0 saturated heterocycles. The fourth-order valence-electron chi connectivity index (χ4n) is 2.44. The van der Waals surface area contributed by atoms with Gasteiger partial charge in [0.25, 0.3) is 0 Å². The molecule has 128 valence electrons. The van der Waals surface area contributed by atoms with Gasteiger partial charge in [-0.2, -0.15) is 0 Å². The zero-order valence-corrected chi connectivity index (χ0v) is 14.2. The molecule has 3 rings (SSSR count). The first-order valence-corrected chi connectivity index (χ1v) is 8.02. The molecule has 0 fully saturated rings. The molecule has 0 spiro atoms. The molecule has 0 saturated carbocycles. The van der Waals surface area contributed by atoms with Crippen LogP contribution in [0.5, 0.6) is 28.7 Å². The Morgan fingerprint density at radius 2 is 1.24 bits per heavy atom. The van der Waals surface area contributed by atoms with Gasteiger partial charge in [-0.15, -0.1) is 0 Å². The van der Waals surface area contributed by atoms with Gasteiger partial charge < -0.3 is 19.3 Å². The molecular weight excluding hydrogens is 316 g/mol. The molecule has 0 heterocycles. The fraction of sp³-hybridized carbons (Fsp3) is 0.143. The van der Waals surface area contributed by atoms with Crippen LogP contribution in [0.4, 0.5) is 0 Å². The Morgan fingerprint density at radius 1 is 0.720 bits per heavy atom. The molecule has 0 aliphatic heterocycles. The zero-order chi connectivity index (χ0) is 17.6. The minimum Gasteiger partial charge on any atom is -0.496 e. The molecule has 0 amide bonds. The maximum atomic E-state index is 9.73. The Balaban J connectivity index is 1.71. The Hall–Kier alpha value is -2.98. The van der Waals surface area contributed by atoms with Gasteiger partial charge in [0, 0.05) is 11.6 Å². The molecule has 0 aromatic heterocycles. The Labute approximate surface area is 147 Å². The normalized spacial score (nSPS) is 11.6. The molecule has 3 aromatic rings. The van der Waals surface area contributed by atoms with Crippen molar-refractivity contribution in [2.45, 2.75) is 13.0 Å². The highest BCUT2D eigenvalue weighted by molar-refractivity contribution is 5.44. The number of rotatable bonds is 6. The molecule has 1 unspecified atom stereocenters. The summed E-state index contributed by atoms with van der Waals surface area (Å²) in [6.07, 6.45) is -0.599. The zero-order valence-electron chi connectivity index (χ0n) is 14.2. The predicted octanol–water partition coefficient (Wildman–Crippen LogP) is 5.33. The van der Waals surface area contributed by atoms with Crippen molar-refractivity contribution in [2.24, 2.45) is 0 Å². The summed E-state index contributed by atoms with van der Waals surface area (Å²) in [6.45, 7) is 1.70. The monoisotopic (exact) mass is 336 g/mol. The van der Waals surface area contributed by atoms with E-state index in [4.69, 9.17) is 14.2 Å². The Bertz CT molecular complexity index is 811. The smallest absolute Gasteiger partial charge is 0.131 e. The van der Waals surface area contributed by atoms with Crippen molar-refractivity contribution < 1.29 is 19.3 Å². The average Bonchev–Trinajstić information content (AvgIpc) is 2.64. The van der Waals surface area contributed by atoms with Crippen LogP contribution in [0.1, 0.15) is 18.6 Å². The number of hydrogen-bond donors (Lipinski definition) is 1. The SMILES string of the molecule is COc1cc(Oc2ccc(Oc3ccccc3)cc2)ccc1C(C)O. The van der Waals surface area contributed by atoms with E-state index in [0.29, 0.717) is 17.2 Å². The Morgan fingerprint density at radius 3 is 1.80 bits per heavy atom. The van der Waals surface area contributed by atoms with Gasteiger partial charge in [0.1, 0.15) is 28.7 Å². The third kappa shape index (κ3) is 4.31. The standard InChI is InChI=1S/C21H20O4/c1-15(22)20-13-12-19(14-21(20)23-2)25-18-10-8-17(9-11-18)24-16-6-4-3-5-7-16/h3-15,22H,1-2H3. The van der Waals surface area contributed by atoms with Gasteiger partial charge in [-0.3, -0.25) is 0 Å². The summed E-state index contributed by atoms with van der Waals surface area (Å²) in [5.41, 5.74) is 0.724. The lowest BCUT2D eigenvalue weighted by atomic mass is 10.1. The largest absolute Gasteiger partial charge is 0.496 e. The van der Waals surface area contributed by atoms with Gasteiger partial charge in [-0.05, 0) is 55.5 Å². The highest BCUT2D eigenvalue weighted by Gasteiger charge is 2.10. The highest BCUT2D eigenvalue weighted by Crippen LogP contribution is 2.32. The van der Waals surface area contributed by atoms with Gasteiger partial charge in [0.15, 0.2) is 0 Å². The quantitative estimate of drug-likeness (QED) is 0.660. The molecule has 25 heavy (non-hydrogen) atoms. The first-order valence-electron chi connectivity index (χ1n) is 8.02. The van der Waals surface area contributed by atoms with Crippen LogP contribution in [0.3, 0.4) is 0 Å². The molecule has 4 heteroatoms. The summed E-state index contributed by atoms with van der Waals surface area (Å²) in [6, 6.07) is 22.4. The number of aliphatic hydroxyl groups excluding tert-OH is 1. The van der Waals surface area contributed by atoms with Gasteiger partial charge >= 0.3 is 0 Å². The second-order valence-electron chi connectivity index (χ2n) is 5.57. The predicted molar refractivity (Wildman–Crippen MR) is 96.7 cm³/mol. The van der Waals surface area contributed by atoms with Gasteiger partial charge in [-0.25, -0.2) is 0 Å². The first kappa shape index (κ1) is 16.9. The third-order valence-electron chi connectivity index (χ3n) is 3.69. The van der Waals surface area contributed by atoms with Crippen molar-refractivity contribution in [3.8, 4) is 28.7 Å². The number of para-hydroxylation sites is 1. The van der Waals surface area contributed by atoms with Gasteiger partial charge in [-0.1, -0.05) is 18.2 Å². The molecule has 1 N–H and O–H groups in total. The number of aliphatic hydroxyl groups is 1. The molecule has 3 aromatic carbocycles. The van der Waals surface area contributed by atoms with Crippen LogP contribution in [0.25, 0.3) is 0 Å². The van der Waals surface area contributed by atoms with Crippen LogP contribution in [-0.2, 0) is 0 Å². The molecule has 0 radical (unpaired) electrons. The highest BCUT2D eigenvalue weighted by atomic mass is 16.5.